The minimum absolute atomic E-state index is 0.374. The van der Waals surface area contributed by atoms with Gasteiger partial charge in [0.15, 0.2) is 0 Å². The molecule has 0 bridgehead atoms. The first-order valence-electron chi connectivity index (χ1n) is 6.60. The molecule has 0 fully saturated rings. The zero-order valence-electron chi connectivity index (χ0n) is 11.6. The van der Waals surface area contributed by atoms with E-state index in [2.05, 4.69) is 64.7 Å². The van der Waals surface area contributed by atoms with Crippen molar-refractivity contribution in [3.63, 3.8) is 0 Å². The van der Waals surface area contributed by atoms with E-state index in [4.69, 9.17) is 0 Å². The third kappa shape index (κ3) is 3.88. The molecule has 0 aliphatic rings. The van der Waals surface area contributed by atoms with Crippen LogP contribution in [-0.2, 0) is 6.54 Å². The van der Waals surface area contributed by atoms with Gasteiger partial charge in [-0.05, 0) is 37.4 Å². The van der Waals surface area contributed by atoms with Crippen LogP contribution in [0.2, 0.25) is 0 Å². The molecule has 2 aromatic rings. The Morgan fingerprint density at radius 1 is 1.11 bits per heavy atom. The summed E-state index contributed by atoms with van der Waals surface area (Å²) in [6, 6.07) is 15.1. The number of pyridine rings is 1. The molecule has 1 unspecified atom stereocenters. The lowest BCUT2D eigenvalue weighted by Gasteiger charge is -2.28. The first-order chi connectivity index (χ1) is 9.31. The average Bonchev–Trinajstić information content (AvgIpc) is 2.46. The topological polar surface area (TPSA) is 28.2 Å². The summed E-state index contributed by atoms with van der Waals surface area (Å²) in [6.45, 7) is 1.86. The van der Waals surface area contributed by atoms with Crippen molar-refractivity contribution in [2.24, 2.45) is 0 Å². The Morgan fingerprint density at radius 2 is 1.79 bits per heavy atom. The Balaban J connectivity index is 2.11. The highest BCUT2D eigenvalue weighted by molar-refractivity contribution is 5.20. The quantitative estimate of drug-likeness (QED) is 0.859. The number of likely N-dealkylation sites (N-methyl/N-ethyl adjacent to an activating group) is 2. The van der Waals surface area contributed by atoms with E-state index in [9.17, 15) is 0 Å². The molecule has 3 heteroatoms. The number of hydrogen-bond acceptors (Lipinski definition) is 3. The molecule has 0 aliphatic carbocycles. The van der Waals surface area contributed by atoms with Crippen molar-refractivity contribution in [1.82, 2.24) is 15.2 Å². The number of rotatable bonds is 6. The first kappa shape index (κ1) is 13.7. The zero-order chi connectivity index (χ0) is 13.5. The lowest BCUT2D eigenvalue weighted by atomic mass is 10.1. The summed E-state index contributed by atoms with van der Waals surface area (Å²) in [5.74, 6) is 0. The second kappa shape index (κ2) is 7.02. The van der Waals surface area contributed by atoms with E-state index < -0.39 is 0 Å². The highest BCUT2D eigenvalue weighted by Gasteiger charge is 2.16. The van der Waals surface area contributed by atoms with Crippen molar-refractivity contribution in [2.75, 3.05) is 20.6 Å². The number of aromatic nitrogens is 1. The normalized spacial score (nSPS) is 12.6. The summed E-state index contributed by atoms with van der Waals surface area (Å²) in [7, 11) is 4.16. The van der Waals surface area contributed by atoms with Crippen molar-refractivity contribution < 1.29 is 0 Å². The molecule has 1 aromatic carbocycles. The number of nitrogens with zero attached hydrogens (tertiary/aromatic N) is 2. The molecule has 0 saturated carbocycles. The van der Waals surface area contributed by atoms with Crippen LogP contribution in [0.25, 0.3) is 0 Å². The van der Waals surface area contributed by atoms with Crippen molar-refractivity contribution >= 4 is 0 Å². The monoisotopic (exact) mass is 255 g/mol. The molecule has 0 radical (unpaired) electrons. The van der Waals surface area contributed by atoms with Gasteiger partial charge in [0.1, 0.15) is 0 Å². The largest absolute Gasteiger partial charge is 0.318 e. The molecule has 1 heterocycles. The minimum Gasteiger partial charge on any atom is -0.318 e. The Bertz CT molecular complexity index is 470. The van der Waals surface area contributed by atoms with Crippen LogP contribution in [0.15, 0.2) is 54.9 Å². The molecule has 1 N–H and O–H groups in total. The predicted octanol–water partition coefficient (Wildman–Crippen LogP) is 2.47. The van der Waals surface area contributed by atoms with Crippen LogP contribution in [0.1, 0.15) is 17.2 Å². The molecule has 0 aliphatic heterocycles. The molecule has 3 nitrogen and oxygen atoms in total. The van der Waals surface area contributed by atoms with Crippen LogP contribution in [0.5, 0.6) is 0 Å². The molecule has 1 atom stereocenters. The van der Waals surface area contributed by atoms with E-state index in [1.165, 1.54) is 11.1 Å². The highest BCUT2D eigenvalue weighted by Crippen LogP contribution is 2.20. The summed E-state index contributed by atoms with van der Waals surface area (Å²) in [5, 5.41) is 3.28. The maximum Gasteiger partial charge on any atom is 0.0473 e. The van der Waals surface area contributed by atoms with Gasteiger partial charge in [0.05, 0.1) is 0 Å². The van der Waals surface area contributed by atoms with Gasteiger partial charge in [-0.3, -0.25) is 9.88 Å². The lowest BCUT2D eigenvalue weighted by Crippen LogP contribution is -2.31. The van der Waals surface area contributed by atoms with Crippen LogP contribution >= 0.6 is 0 Å². The Kier molecular flexibility index (Phi) is 5.07. The summed E-state index contributed by atoms with van der Waals surface area (Å²) in [5.41, 5.74) is 2.63. The SMILES string of the molecule is CNCC(c1ccccc1)N(C)Cc1ccncc1. The number of nitrogens with one attached hydrogen (secondary N) is 1. The van der Waals surface area contributed by atoms with Crippen molar-refractivity contribution in [1.29, 1.82) is 0 Å². The lowest BCUT2D eigenvalue weighted by molar-refractivity contribution is 0.233. The fourth-order valence-corrected chi connectivity index (χ4v) is 2.28. The van der Waals surface area contributed by atoms with E-state index in [1.807, 2.05) is 19.4 Å². The van der Waals surface area contributed by atoms with E-state index in [-0.39, 0.29) is 0 Å². The van der Waals surface area contributed by atoms with Crippen molar-refractivity contribution in [2.45, 2.75) is 12.6 Å². The van der Waals surface area contributed by atoms with Gasteiger partial charge < -0.3 is 5.32 Å². The van der Waals surface area contributed by atoms with E-state index in [0.29, 0.717) is 6.04 Å². The van der Waals surface area contributed by atoms with Gasteiger partial charge in [0, 0.05) is 31.5 Å². The maximum absolute atomic E-state index is 4.06. The molecular formula is C16H21N3. The second-order valence-corrected chi connectivity index (χ2v) is 4.75. The van der Waals surface area contributed by atoms with Crippen LogP contribution in [0.3, 0.4) is 0 Å². The Hall–Kier alpha value is -1.71. The average molecular weight is 255 g/mol. The highest BCUT2D eigenvalue weighted by atomic mass is 15.1. The summed E-state index contributed by atoms with van der Waals surface area (Å²) < 4.78 is 0. The van der Waals surface area contributed by atoms with Crippen molar-refractivity contribution in [3.8, 4) is 0 Å². The van der Waals surface area contributed by atoms with Crippen LogP contribution in [0, 0.1) is 0 Å². The molecule has 0 saturated heterocycles. The van der Waals surface area contributed by atoms with Crippen LogP contribution in [0.4, 0.5) is 0 Å². The second-order valence-electron chi connectivity index (χ2n) is 4.75. The van der Waals surface area contributed by atoms with E-state index in [0.717, 1.165) is 13.1 Å². The number of benzene rings is 1. The maximum atomic E-state index is 4.06. The zero-order valence-corrected chi connectivity index (χ0v) is 11.6. The minimum atomic E-state index is 0.374. The van der Waals surface area contributed by atoms with Gasteiger partial charge in [-0.15, -0.1) is 0 Å². The molecule has 0 amide bonds. The standard InChI is InChI=1S/C16H21N3/c1-17-12-16(15-6-4-3-5-7-15)19(2)13-14-8-10-18-11-9-14/h3-11,16-17H,12-13H2,1-2H3. The third-order valence-corrected chi connectivity index (χ3v) is 3.30. The van der Waals surface area contributed by atoms with Gasteiger partial charge in [0.2, 0.25) is 0 Å². The Morgan fingerprint density at radius 3 is 2.42 bits per heavy atom. The van der Waals surface area contributed by atoms with E-state index in [1.54, 1.807) is 0 Å². The van der Waals surface area contributed by atoms with Crippen LogP contribution < -0.4 is 5.32 Å². The molecule has 19 heavy (non-hydrogen) atoms. The smallest absolute Gasteiger partial charge is 0.0473 e. The van der Waals surface area contributed by atoms with E-state index >= 15 is 0 Å². The van der Waals surface area contributed by atoms with Gasteiger partial charge >= 0.3 is 0 Å². The molecule has 2 rings (SSSR count). The van der Waals surface area contributed by atoms with Crippen molar-refractivity contribution in [3.05, 3.63) is 66.0 Å². The van der Waals surface area contributed by atoms with Gasteiger partial charge in [-0.1, -0.05) is 30.3 Å². The van der Waals surface area contributed by atoms with Gasteiger partial charge in [-0.25, -0.2) is 0 Å². The van der Waals surface area contributed by atoms with Gasteiger partial charge in [0.25, 0.3) is 0 Å². The van der Waals surface area contributed by atoms with Gasteiger partial charge in [-0.2, -0.15) is 0 Å². The first-order valence-corrected chi connectivity index (χ1v) is 6.60. The fourth-order valence-electron chi connectivity index (χ4n) is 2.28. The number of hydrogen-bond donors (Lipinski definition) is 1. The summed E-state index contributed by atoms with van der Waals surface area (Å²) in [6.07, 6.45) is 3.69. The fraction of sp³-hybridized carbons (Fsp3) is 0.312. The predicted molar refractivity (Wildman–Crippen MR) is 78.8 cm³/mol. The molecule has 100 valence electrons. The Labute approximate surface area is 115 Å². The molecular weight excluding hydrogens is 234 g/mol. The third-order valence-electron chi connectivity index (χ3n) is 3.30. The van der Waals surface area contributed by atoms with Crippen LogP contribution in [-0.4, -0.2) is 30.5 Å². The summed E-state index contributed by atoms with van der Waals surface area (Å²) in [4.78, 5) is 6.42. The molecule has 1 aromatic heterocycles. The summed E-state index contributed by atoms with van der Waals surface area (Å²) >= 11 is 0. The molecule has 0 spiro atoms.